The molecule has 2 aromatic rings. The normalized spacial score (nSPS) is 21.3. The average Bonchev–Trinajstić information content (AvgIpc) is 2.75. The van der Waals surface area contributed by atoms with Crippen LogP contribution in [0.15, 0.2) is 48.5 Å². The fraction of sp³-hybridized carbons (Fsp3) is 0.440. The van der Waals surface area contributed by atoms with Crippen molar-refractivity contribution in [3.8, 4) is 11.8 Å². The van der Waals surface area contributed by atoms with E-state index in [9.17, 15) is 4.79 Å². The molecule has 0 radical (unpaired) electrons. The van der Waals surface area contributed by atoms with Gasteiger partial charge < -0.3 is 4.74 Å². The Balaban J connectivity index is 1.54. The summed E-state index contributed by atoms with van der Waals surface area (Å²) in [6.07, 6.45) is 6.70. The van der Waals surface area contributed by atoms with Gasteiger partial charge in [-0.1, -0.05) is 63.0 Å². The van der Waals surface area contributed by atoms with Crippen molar-refractivity contribution < 1.29 is 9.53 Å². The summed E-state index contributed by atoms with van der Waals surface area (Å²) in [5.74, 6) is 0.726. The van der Waals surface area contributed by atoms with Gasteiger partial charge >= 0.3 is 5.97 Å². The minimum atomic E-state index is -1.02. The molecule has 0 saturated carbocycles. The van der Waals surface area contributed by atoms with Crippen LogP contribution >= 0.6 is 0 Å². The summed E-state index contributed by atoms with van der Waals surface area (Å²) < 4.78 is 5.42. The van der Waals surface area contributed by atoms with E-state index in [2.05, 4.69) is 31.7 Å². The molecular formula is C25H31NO2Si. The molecular weight excluding hydrogens is 374 g/mol. The monoisotopic (exact) mass is 405 g/mol. The van der Waals surface area contributed by atoms with E-state index in [4.69, 9.17) is 10.00 Å². The molecule has 1 fully saturated rings. The zero-order valence-electron chi connectivity index (χ0n) is 17.6. The highest BCUT2D eigenvalue weighted by Gasteiger charge is 2.32. The summed E-state index contributed by atoms with van der Waals surface area (Å²) in [6.45, 7) is 4.88. The van der Waals surface area contributed by atoms with Crippen LogP contribution in [0, 0.1) is 11.3 Å². The molecule has 1 aliphatic heterocycles. The van der Waals surface area contributed by atoms with Crippen LogP contribution in [0.5, 0.6) is 5.75 Å². The highest BCUT2D eigenvalue weighted by molar-refractivity contribution is 6.78. The number of carbonyl (C=O) groups excluding carboxylic acids is 1. The minimum absolute atomic E-state index is 0.360. The lowest BCUT2D eigenvalue weighted by molar-refractivity contribution is 0.0734. The highest BCUT2D eigenvalue weighted by atomic mass is 28.3. The first-order valence-corrected chi connectivity index (χ1v) is 14.0. The molecule has 0 aliphatic carbocycles. The molecule has 1 aliphatic rings. The van der Waals surface area contributed by atoms with Crippen molar-refractivity contribution in [1.82, 2.24) is 0 Å². The lowest BCUT2D eigenvalue weighted by Gasteiger charge is -2.36. The first-order valence-electron chi connectivity index (χ1n) is 10.9. The summed E-state index contributed by atoms with van der Waals surface area (Å²) in [7, 11) is -1.02. The van der Waals surface area contributed by atoms with E-state index in [0.29, 0.717) is 22.8 Å². The zero-order chi connectivity index (χ0) is 20.7. The second-order valence-electron chi connectivity index (χ2n) is 8.69. The maximum atomic E-state index is 12.4. The van der Waals surface area contributed by atoms with E-state index in [0.717, 1.165) is 0 Å². The summed E-state index contributed by atoms with van der Waals surface area (Å²) in [4.78, 5) is 12.4. The highest BCUT2D eigenvalue weighted by Crippen LogP contribution is 2.40. The zero-order valence-corrected chi connectivity index (χ0v) is 18.6. The first-order chi connectivity index (χ1) is 14.0. The van der Waals surface area contributed by atoms with E-state index >= 15 is 0 Å². The number of esters is 1. The van der Waals surface area contributed by atoms with Crippen molar-refractivity contribution in [3.63, 3.8) is 0 Å². The SMILES string of the molecule is CCCCC[Si@]1(C)CC[C@@H](c2ccc(C(=O)Oc3ccc(C#N)cc3)cc2)CC1. The van der Waals surface area contributed by atoms with Crippen LogP contribution in [0.2, 0.25) is 24.7 Å². The number of benzene rings is 2. The largest absolute Gasteiger partial charge is 0.423 e. The molecule has 0 unspecified atom stereocenters. The number of ether oxygens (including phenoxy) is 1. The second kappa shape index (κ2) is 9.89. The molecule has 152 valence electrons. The average molecular weight is 406 g/mol. The van der Waals surface area contributed by atoms with Crippen LogP contribution in [0.3, 0.4) is 0 Å². The van der Waals surface area contributed by atoms with Gasteiger partial charge in [-0.25, -0.2) is 4.79 Å². The van der Waals surface area contributed by atoms with Gasteiger partial charge in [-0.2, -0.15) is 5.26 Å². The Kier molecular flexibility index (Phi) is 7.27. The Hall–Kier alpha value is -2.38. The number of nitrogens with zero attached hydrogens (tertiary/aromatic N) is 1. The molecule has 3 nitrogen and oxygen atoms in total. The number of hydrogen-bond acceptors (Lipinski definition) is 3. The second-order valence-corrected chi connectivity index (χ2v) is 13.8. The molecule has 29 heavy (non-hydrogen) atoms. The smallest absolute Gasteiger partial charge is 0.343 e. The van der Waals surface area contributed by atoms with Crippen molar-refractivity contribution in [1.29, 1.82) is 5.26 Å². The van der Waals surface area contributed by atoms with Gasteiger partial charge in [0.25, 0.3) is 0 Å². The molecule has 0 spiro atoms. The fourth-order valence-corrected chi connectivity index (χ4v) is 8.30. The molecule has 2 aromatic carbocycles. The lowest BCUT2D eigenvalue weighted by Crippen LogP contribution is -2.34. The van der Waals surface area contributed by atoms with Crippen LogP contribution in [0.1, 0.15) is 66.4 Å². The topological polar surface area (TPSA) is 50.1 Å². The van der Waals surface area contributed by atoms with Crippen molar-refractivity contribution in [2.24, 2.45) is 0 Å². The van der Waals surface area contributed by atoms with Gasteiger partial charge in [0.1, 0.15) is 5.75 Å². The predicted molar refractivity (Wildman–Crippen MR) is 120 cm³/mol. The molecule has 0 bridgehead atoms. The third-order valence-electron chi connectivity index (χ3n) is 6.39. The van der Waals surface area contributed by atoms with Crippen molar-refractivity contribution in [3.05, 3.63) is 65.2 Å². The third-order valence-corrected chi connectivity index (χ3v) is 10.9. The van der Waals surface area contributed by atoms with E-state index in [1.54, 1.807) is 24.3 Å². The van der Waals surface area contributed by atoms with Gasteiger partial charge in [-0.05, 0) is 60.7 Å². The van der Waals surface area contributed by atoms with Crippen molar-refractivity contribution in [2.45, 2.75) is 69.6 Å². The molecule has 0 aromatic heterocycles. The van der Waals surface area contributed by atoms with Gasteiger partial charge in [-0.15, -0.1) is 0 Å². The van der Waals surface area contributed by atoms with Crippen molar-refractivity contribution in [2.75, 3.05) is 0 Å². The quantitative estimate of drug-likeness (QED) is 0.217. The summed E-state index contributed by atoms with van der Waals surface area (Å²) in [5.41, 5.74) is 2.46. The van der Waals surface area contributed by atoms with Gasteiger partial charge in [0.2, 0.25) is 0 Å². The molecule has 1 heterocycles. The molecule has 0 amide bonds. The molecule has 0 atom stereocenters. The first kappa shape index (κ1) is 21.3. The molecule has 4 heteroatoms. The number of hydrogen-bond donors (Lipinski definition) is 0. The summed E-state index contributed by atoms with van der Waals surface area (Å²) in [5, 5.41) is 8.84. The van der Waals surface area contributed by atoms with Crippen molar-refractivity contribution >= 4 is 14.0 Å². The number of nitriles is 1. The van der Waals surface area contributed by atoms with E-state index in [1.807, 2.05) is 12.1 Å². The Morgan fingerprint density at radius 1 is 1.07 bits per heavy atom. The fourth-order valence-electron chi connectivity index (χ4n) is 4.35. The van der Waals surface area contributed by atoms with E-state index < -0.39 is 8.07 Å². The van der Waals surface area contributed by atoms with Gasteiger partial charge in [0.05, 0.1) is 25.3 Å². The number of rotatable bonds is 7. The van der Waals surface area contributed by atoms with Crippen LogP contribution in [0.4, 0.5) is 0 Å². The minimum Gasteiger partial charge on any atom is -0.423 e. The molecule has 3 rings (SSSR count). The van der Waals surface area contributed by atoms with Crippen LogP contribution in [-0.4, -0.2) is 14.0 Å². The Bertz CT molecular complexity index is 844. The van der Waals surface area contributed by atoms with Crippen LogP contribution in [-0.2, 0) is 0 Å². The summed E-state index contributed by atoms with van der Waals surface area (Å²) >= 11 is 0. The number of carbonyl (C=O) groups is 1. The van der Waals surface area contributed by atoms with Gasteiger partial charge in [0.15, 0.2) is 0 Å². The molecule has 0 N–H and O–H groups in total. The Morgan fingerprint density at radius 2 is 1.72 bits per heavy atom. The maximum absolute atomic E-state index is 12.4. The predicted octanol–water partition coefficient (Wildman–Crippen LogP) is 6.92. The Labute approximate surface area is 175 Å². The maximum Gasteiger partial charge on any atom is 0.343 e. The van der Waals surface area contributed by atoms with Crippen LogP contribution in [0.25, 0.3) is 0 Å². The number of unbranched alkanes of at least 4 members (excludes halogenated alkanes) is 2. The van der Waals surface area contributed by atoms with Gasteiger partial charge in [-0.3, -0.25) is 0 Å². The molecule has 1 saturated heterocycles. The lowest BCUT2D eigenvalue weighted by atomic mass is 9.93. The van der Waals surface area contributed by atoms with Crippen LogP contribution < -0.4 is 4.74 Å². The standard InChI is InChI=1S/C25H31NO2Si/c1-3-4-5-16-29(2)17-14-22(15-18-29)21-8-10-23(11-9-21)25(27)28-24-12-6-20(19-26)7-13-24/h6-13,22H,3-5,14-18H2,1-2H3/t22-,29-. The van der Waals surface area contributed by atoms with E-state index in [1.165, 1.54) is 55.8 Å². The van der Waals surface area contributed by atoms with Gasteiger partial charge in [0, 0.05) is 0 Å². The Morgan fingerprint density at radius 3 is 2.31 bits per heavy atom. The van der Waals surface area contributed by atoms with E-state index in [-0.39, 0.29) is 5.97 Å². The summed E-state index contributed by atoms with van der Waals surface area (Å²) in [6, 6.07) is 21.0. The third kappa shape index (κ3) is 5.80.